The molecule has 1 aromatic carbocycles. The number of rotatable bonds is 17. The molecular weight excluding hydrogens is 430 g/mol. The molecule has 1 aromatic rings. The second kappa shape index (κ2) is 15.6. The molecule has 2 aliphatic rings. The van der Waals surface area contributed by atoms with Gasteiger partial charge in [-0.05, 0) is 73.5 Å². The van der Waals surface area contributed by atoms with Crippen molar-refractivity contribution in [3.05, 3.63) is 29.3 Å². The molecule has 0 bridgehead atoms. The van der Waals surface area contributed by atoms with Gasteiger partial charge in [0.05, 0.1) is 0 Å². The minimum Gasteiger partial charge on any atom is -0.483 e. The maximum atomic E-state index is 12.7. The average molecular weight is 484 g/mol. The minimum absolute atomic E-state index is 0.0355. The highest BCUT2D eigenvalue weighted by Crippen LogP contribution is 2.48. The number of hydrogen-bond donors (Lipinski definition) is 1. The van der Waals surface area contributed by atoms with Crippen LogP contribution in [0.5, 0.6) is 5.75 Å². The zero-order valence-electron chi connectivity index (χ0n) is 23.1. The van der Waals surface area contributed by atoms with E-state index < -0.39 is 0 Å². The summed E-state index contributed by atoms with van der Waals surface area (Å²) in [6, 6.07) is 6.82. The Kier molecular flexibility index (Phi) is 12.5. The second-order valence-electron chi connectivity index (χ2n) is 11.5. The van der Waals surface area contributed by atoms with Gasteiger partial charge < -0.3 is 10.1 Å². The van der Waals surface area contributed by atoms with Crippen molar-refractivity contribution in [2.45, 2.75) is 136 Å². The van der Waals surface area contributed by atoms with Crippen LogP contribution >= 0.6 is 0 Å². The first-order chi connectivity index (χ1) is 17.2. The maximum Gasteiger partial charge on any atom is 0.258 e. The van der Waals surface area contributed by atoms with Crippen LogP contribution < -0.4 is 10.1 Å². The Hall–Kier alpha value is -1.51. The average Bonchev–Trinajstić information content (AvgIpc) is 3.26. The van der Waals surface area contributed by atoms with Gasteiger partial charge in [0.2, 0.25) is 0 Å². The Bertz CT molecular complexity index is 737. The van der Waals surface area contributed by atoms with Gasteiger partial charge in [0.25, 0.3) is 5.91 Å². The minimum atomic E-state index is 0.0355. The molecule has 198 valence electrons. The van der Waals surface area contributed by atoms with E-state index in [1.165, 1.54) is 101 Å². The van der Waals surface area contributed by atoms with Crippen LogP contribution in [-0.2, 0) is 17.6 Å². The van der Waals surface area contributed by atoms with Crippen LogP contribution in [0.1, 0.15) is 128 Å². The molecule has 1 N–H and O–H groups in total. The lowest BCUT2D eigenvalue weighted by atomic mass is 9.73. The van der Waals surface area contributed by atoms with E-state index >= 15 is 0 Å². The SMILES string of the molecule is CCCCCCCCC1CC[C@@H]2Cc3c(cccc3OCC(=O)NC(CCCC)CCCC)C[C@H]12. The van der Waals surface area contributed by atoms with E-state index in [4.69, 9.17) is 4.74 Å². The molecule has 0 radical (unpaired) electrons. The summed E-state index contributed by atoms with van der Waals surface area (Å²) < 4.78 is 6.15. The van der Waals surface area contributed by atoms with Crippen LogP contribution in [0.2, 0.25) is 0 Å². The van der Waals surface area contributed by atoms with Gasteiger partial charge >= 0.3 is 0 Å². The van der Waals surface area contributed by atoms with Crippen molar-refractivity contribution in [1.29, 1.82) is 0 Å². The van der Waals surface area contributed by atoms with Gasteiger partial charge in [-0.15, -0.1) is 0 Å². The standard InChI is InChI=1S/C32H53NO2/c1-4-7-10-11-12-13-15-25-20-21-27-23-30-26(22-29(25)27)16-14-19-31(30)35-24-32(34)33-28(17-8-5-2)18-9-6-3/h14,16,19,25,27-29H,4-13,15,17-18,20-24H2,1-3H3,(H,33,34)/t25?,27-,29-/m1/s1. The molecule has 0 saturated heterocycles. The predicted octanol–water partition coefficient (Wildman–Crippen LogP) is 8.42. The second-order valence-corrected chi connectivity index (χ2v) is 11.5. The fraction of sp³-hybridized carbons (Fsp3) is 0.781. The maximum absolute atomic E-state index is 12.7. The number of benzene rings is 1. The number of carbonyl (C=O) groups excluding carboxylic acids is 1. The summed E-state index contributed by atoms with van der Waals surface area (Å²) in [6.07, 6.45) is 21.8. The van der Waals surface area contributed by atoms with E-state index in [1.54, 1.807) is 0 Å². The normalized spacial score (nSPS) is 21.1. The quantitative estimate of drug-likeness (QED) is 0.226. The van der Waals surface area contributed by atoms with Crippen molar-refractivity contribution < 1.29 is 9.53 Å². The summed E-state index contributed by atoms with van der Waals surface area (Å²) in [4.78, 5) is 12.7. The summed E-state index contributed by atoms with van der Waals surface area (Å²) in [6.45, 7) is 6.86. The number of carbonyl (C=O) groups is 1. The molecule has 3 rings (SSSR count). The van der Waals surface area contributed by atoms with Crippen LogP contribution in [0, 0.1) is 17.8 Å². The number of ether oxygens (including phenoxy) is 1. The highest BCUT2D eigenvalue weighted by Gasteiger charge is 2.39. The van der Waals surface area contributed by atoms with Gasteiger partial charge in [0, 0.05) is 6.04 Å². The van der Waals surface area contributed by atoms with Crippen molar-refractivity contribution in [3.63, 3.8) is 0 Å². The van der Waals surface area contributed by atoms with E-state index in [1.807, 2.05) is 0 Å². The van der Waals surface area contributed by atoms with Gasteiger partial charge in [-0.3, -0.25) is 4.79 Å². The molecule has 2 aliphatic carbocycles. The fourth-order valence-corrected chi connectivity index (χ4v) is 6.66. The number of unbranched alkanes of at least 4 members (excludes halogenated alkanes) is 7. The molecule has 1 saturated carbocycles. The van der Waals surface area contributed by atoms with Gasteiger partial charge in [-0.2, -0.15) is 0 Å². The summed E-state index contributed by atoms with van der Waals surface area (Å²) >= 11 is 0. The van der Waals surface area contributed by atoms with Crippen molar-refractivity contribution >= 4 is 5.91 Å². The summed E-state index contributed by atoms with van der Waals surface area (Å²) in [5, 5.41) is 3.25. The third-order valence-corrected chi connectivity index (χ3v) is 8.74. The molecule has 3 nitrogen and oxygen atoms in total. The van der Waals surface area contributed by atoms with E-state index in [0.29, 0.717) is 6.04 Å². The number of hydrogen-bond acceptors (Lipinski definition) is 2. The highest BCUT2D eigenvalue weighted by atomic mass is 16.5. The van der Waals surface area contributed by atoms with Gasteiger partial charge in [0.15, 0.2) is 6.61 Å². The van der Waals surface area contributed by atoms with Crippen LogP contribution in [0.25, 0.3) is 0 Å². The van der Waals surface area contributed by atoms with Crippen LogP contribution in [0.3, 0.4) is 0 Å². The molecule has 0 aliphatic heterocycles. The van der Waals surface area contributed by atoms with Crippen molar-refractivity contribution in [1.82, 2.24) is 5.32 Å². The highest BCUT2D eigenvalue weighted by molar-refractivity contribution is 5.77. The smallest absolute Gasteiger partial charge is 0.258 e. The van der Waals surface area contributed by atoms with Crippen molar-refractivity contribution in [2.24, 2.45) is 17.8 Å². The zero-order chi connectivity index (χ0) is 24.9. The third-order valence-electron chi connectivity index (χ3n) is 8.74. The van der Waals surface area contributed by atoms with Crippen molar-refractivity contribution in [2.75, 3.05) is 6.61 Å². The lowest BCUT2D eigenvalue weighted by Gasteiger charge is -2.32. The van der Waals surface area contributed by atoms with Gasteiger partial charge in [-0.25, -0.2) is 0 Å². The van der Waals surface area contributed by atoms with Crippen LogP contribution in [0.4, 0.5) is 0 Å². The molecule has 1 amide bonds. The molecule has 1 fully saturated rings. The molecule has 35 heavy (non-hydrogen) atoms. The largest absolute Gasteiger partial charge is 0.483 e. The molecular formula is C32H53NO2. The van der Waals surface area contributed by atoms with E-state index in [-0.39, 0.29) is 12.5 Å². The predicted molar refractivity (Wildman–Crippen MR) is 148 cm³/mol. The third kappa shape index (κ3) is 8.83. The molecule has 0 aromatic heterocycles. The topological polar surface area (TPSA) is 38.3 Å². The molecule has 0 heterocycles. The van der Waals surface area contributed by atoms with Gasteiger partial charge in [0.1, 0.15) is 5.75 Å². The van der Waals surface area contributed by atoms with Crippen molar-refractivity contribution in [3.8, 4) is 5.75 Å². The van der Waals surface area contributed by atoms with Crippen LogP contribution in [0.15, 0.2) is 18.2 Å². The first kappa shape index (κ1) is 28.1. The van der Waals surface area contributed by atoms with Gasteiger partial charge in [-0.1, -0.05) is 104 Å². The molecule has 0 spiro atoms. The van der Waals surface area contributed by atoms with E-state index in [9.17, 15) is 4.79 Å². The van der Waals surface area contributed by atoms with E-state index in [2.05, 4.69) is 44.3 Å². The first-order valence-electron chi connectivity index (χ1n) is 15.2. The summed E-state index contributed by atoms with van der Waals surface area (Å²) in [5.41, 5.74) is 2.86. The molecule has 1 unspecified atom stereocenters. The number of fused-ring (bicyclic) bond motifs is 2. The number of nitrogens with one attached hydrogen (secondary N) is 1. The fourth-order valence-electron chi connectivity index (χ4n) is 6.66. The summed E-state index contributed by atoms with van der Waals surface area (Å²) in [5.74, 6) is 3.56. The Morgan fingerprint density at radius 1 is 0.914 bits per heavy atom. The summed E-state index contributed by atoms with van der Waals surface area (Å²) in [7, 11) is 0. The Morgan fingerprint density at radius 2 is 1.63 bits per heavy atom. The molecule has 3 heteroatoms. The molecule has 3 atom stereocenters. The van der Waals surface area contributed by atoms with E-state index in [0.717, 1.165) is 42.8 Å². The number of amides is 1. The first-order valence-corrected chi connectivity index (χ1v) is 15.2. The Labute approximate surface area is 216 Å². The van der Waals surface area contributed by atoms with Crippen LogP contribution in [-0.4, -0.2) is 18.6 Å². The lowest BCUT2D eigenvalue weighted by molar-refractivity contribution is -0.123. The zero-order valence-corrected chi connectivity index (χ0v) is 23.1. The monoisotopic (exact) mass is 483 g/mol. The Balaban J connectivity index is 1.50. The lowest BCUT2D eigenvalue weighted by Crippen LogP contribution is -2.38. The Morgan fingerprint density at radius 3 is 2.37 bits per heavy atom.